The molecular formula is C40H56F3N5O10S. The number of amides is 5. The molecule has 0 bridgehead atoms. The van der Waals surface area contributed by atoms with E-state index in [0.717, 1.165) is 29.8 Å². The Kier molecular flexibility index (Phi) is 17.7. The highest BCUT2D eigenvalue weighted by atomic mass is 32.2. The van der Waals surface area contributed by atoms with E-state index in [1.165, 1.54) is 26.0 Å². The molecule has 3 rings (SSSR count). The summed E-state index contributed by atoms with van der Waals surface area (Å²) in [5.41, 5.74) is 0.472. The van der Waals surface area contributed by atoms with Crippen LogP contribution in [0.5, 0.6) is 0 Å². The first-order chi connectivity index (χ1) is 27.7. The third-order valence-corrected chi connectivity index (χ3v) is 12.0. The molecule has 0 saturated carbocycles. The average molecular weight is 856 g/mol. The van der Waals surface area contributed by atoms with Crippen LogP contribution in [0.25, 0.3) is 0 Å². The SMILES string of the molecule is CC[C@H](C)[C@@H]([C@@H](CC(=O)N1CCC[C@H]1[C@H](OC)[C@@H](C)C(=O)NS(=O)(=O)c1ccc(NC(=O)C(F)(F)F)cc1)OC)N(C)C(=O)[C@@H](NC(=O)OCc1ccccc1)C(C)C. The summed E-state index contributed by atoms with van der Waals surface area (Å²) in [5, 5.41) is 4.31. The second-order valence-electron chi connectivity index (χ2n) is 15.0. The quantitative estimate of drug-likeness (QED) is 0.176. The van der Waals surface area contributed by atoms with E-state index in [4.69, 9.17) is 14.2 Å². The number of anilines is 1. The van der Waals surface area contributed by atoms with E-state index in [0.29, 0.717) is 25.8 Å². The molecule has 1 heterocycles. The molecular weight excluding hydrogens is 800 g/mol. The fourth-order valence-electron chi connectivity index (χ4n) is 7.13. The van der Waals surface area contributed by atoms with Gasteiger partial charge in [0.15, 0.2) is 0 Å². The third kappa shape index (κ3) is 13.1. The number of likely N-dealkylation sites (N-methyl/N-ethyl adjacent to an activating group) is 1. The van der Waals surface area contributed by atoms with Crippen LogP contribution in [-0.2, 0) is 50.0 Å². The lowest BCUT2D eigenvalue weighted by atomic mass is 9.89. The summed E-state index contributed by atoms with van der Waals surface area (Å²) < 4.78 is 83.0. The van der Waals surface area contributed by atoms with Gasteiger partial charge in [0.1, 0.15) is 12.6 Å². The van der Waals surface area contributed by atoms with Gasteiger partial charge in [-0.05, 0) is 54.5 Å². The molecule has 0 spiro atoms. The number of nitrogens with one attached hydrogen (secondary N) is 3. The van der Waals surface area contributed by atoms with Crippen LogP contribution in [0.3, 0.4) is 0 Å². The maximum atomic E-state index is 14.1. The molecule has 5 amide bonds. The number of nitrogens with zero attached hydrogens (tertiary/aromatic N) is 2. The highest BCUT2D eigenvalue weighted by molar-refractivity contribution is 7.90. The standard InChI is InChI=1S/C40H56F3N5O10S/c1-9-25(4)34(47(6)37(51)33(24(2)3)45-39(53)58-23-27-14-11-10-12-15-27)31(56-7)22-32(49)48-21-13-16-30(48)35(57-8)26(5)36(50)46-59(54,55)29-19-17-28(18-20-29)44-38(52)40(41,42)43/h10-12,14-15,17-20,24-26,30-31,33-35H,9,13,16,21-23H2,1-8H3,(H,44,52)(H,45,53)(H,46,50)/t25-,26+,30-,31+,33-,34-,35+/m0/s1. The second kappa shape index (κ2) is 21.5. The average Bonchev–Trinajstić information content (AvgIpc) is 3.68. The fourth-order valence-corrected chi connectivity index (χ4v) is 8.20. The molecule has 59 heavy (non-hydrogen) atoms. The Morgan fingerprint density at radius 2 is 1.58 bits per heavy atom. The molecule has 0 radical (unpaired) electrons. The number of rotatable bonds is 19. The molecule has 1 aliphatic heterocycles. The normalized spacial score (nSPS) is 17.6. The molecule has 1 saturated heterocycles. The Labute approximate surface area is 343 Å². The summed E-state index contributed by atoms with van der Waals surface area (Å²) in [7, 11) is -0.117. The molecule has 0 unspecified atom stereocenters. The van der Waals surface area contributed by atoms with Gasteiger partial charge < -0.3 is 34.6 Å². The smallest absolute Gasteiger partial charge is 0.445 e. The van der Waals surface area contributed by atoms with E-state index in [9.17, 15) is 45.6 Å². The Balaban J connectivity index is 1.73. The van der Waals surface area contributed by atoms with Crippen molar-refractivity contribution in [3.63, 3.8) is 0 Å². The van der Waals surface area contributed by atoms with E-state index in [1.807, 2.05) is 48.9 Å². The van der Waals surface area contributed by atoms with E-state index in [1.54, 1.807) is 31.1 Å². The Bertz CT molecular complexity index is 1850. The van der Waals surface area contributed by atoms with Crippen LogP contribution >= 0.6 is 0 Å². The second-order valence-corrected chi connectivity index (χ2v) is 16.6. The maximum Gasteiger partial charge on any atom is 0.471 e. The van der Waals surface area contributed by atoms with Crippen molar-refractivity contribution in [2.45, 2.75) is 108 Å². The van der Waals surface area contributed by atoms with Gasteiger partial charge in [-0.3, -0.25) is 19.2 Å². The zero-order valence-electron chi connectivity index (χ0n) is 34.6. The molecule has 0 aromatic heterocycles. The van der Waals surface area contributed by atoms with Gasteiger partial charge in [0.2, 0.25) is 17.7 Å². The highest BCUT2D eigenvalue weighted by Crippen LogP contribution is 2.30. The summed E-state index contributed by atoms with van der Waals surface area (Å²) in [4.78, 5) is 68.2. The minimum absolute atomic E-state index is 0.0193. The Morgan fingerprint density at radius 1 is 0.949 bits per heavy atom. The van der Waals surface area contributed by atoms with Crippen LogP contribution in [0.1, 0.15) is 65.9 Å². The van der Waals surface area contributed by atoms with Crippen molar-refractivity contribution in [3.8, 4) is 0 Å². The van der Waals surface area contributed by atoms with Gasteiger partial charge in [-0.25, -0.2) is 17.9 Å². The summed E-state index contributed by atoms with van der Waals surface area (Å²) in [6.45, 7) is 9.26. The molecule has 3 N–H and O–H groups in total. The number of alkyl halides is 3. The van der Waals surface area contributed by atoms with E-state index in [-0.39, 0.29) is 36.5 Å². The topological polar surface area (TPSA) is 190 Å². The highest BCUT2D eigenvalue weighted by Gasteiger charge is 2.43. The molecule has 7 atom stereocenters. The zero-order chi connectivity index (χ0) is 44.2. The van der Waals surface area contributed by atoms with Crippen LogP contribution in [0.15, 0.2) is 59.5 Å². The van der Waals surface area contributed by atoms with Crippen molar-refractivity contribution in [2.75, 3.05) is 33.1 Å². The largest absolute Gasteiger partial charge is 0.471 e. The Hall–Kier alpha value is -4.75. The fraction of sp³-hybridized carbons (Fsp3) is 0.575. The molecule has 1 fully saturated rings. The lowest BCUT2D eigenvalue weighted by Crippen LogP contribution is -2.57. The first-order valence-corrected chi connectivity index (χ1v) is 20.8. The summed E-state index contributed by atoms with van der Waals surface area (Å²) >= 11 is 0. The molecule has 0 aliphatic carbocycles. The van der Waals surface area contributed by atoms with Crippen molar-refractivity contribution in [2.24, 2.45) is 17.8 Å². The van der Waals surface area contributed by atoms with Crippen molar-refractivity contribution in [1.82, 2.24) is 19.8 Å². The number of carbonyl (C=O) groups is 5. The lowest BCUT2D eigenvalue weighted by Gasteiger charge is -2.40. The van der Waals surface area contributed by atoms with Crippen molar-refractivity contribution in [1.29, 1.82) is 0 Å². The number of hydrogen-bond donors (Lipinski definition) is 3. The molecule has 15 nitrogen and oxygen atoms in total. The van der Waals surface area contributed by atoms with Gasteiger partial charge in [-0.1, -0.05) is 71.4 Å². The number of methoxy groups -OCH3 is 2. The number of halogens is 3. The molecule has 2 aromatic rings. The molecule has 328 valence electrons. The van der Waals surface area contributed by atoms with E-state index >= 15 is 0 Å². The van der Waals surface area contributed by atoms with Crippen LogP contribution in [-0.4, -0.2) is 112 Å². The number of likely N-dealkylation sites (tertiary alicyclic amines) is 1. The van der Waals surface area contributed by atoms with Gasteiger partial charge in [-0.15, -0.1) is 0 Å². The maximum absolute atomic E-state index is 14.1. The number of benzene rings is 2. The van der Waals surface area contributed by atoms with Crippen molar-refractivity contribution >= 4 is 45.4 Å². The van der Waals surface area contributed by atoms with Gasteiger partial charge in [0, 0.05) is 33.5 Å². The third-order valence-electron chi connectivity index (χ3n) is 10.6. The van der Waals surface area contributed by atoms with E-state index in [2.05, 4.69) is 5.32 Å². The number of hydrogen-bond acceptors (Lipinski definition) is 10. The predicted octanol–water partition coefficient (Wildman–Crippen LogP) is 4.86. The van der Waals surface area contributed by atoms with Crippen molar-refractivity contribution in [3.05, 3.63) is 60.2 Å². The summed E-state index contributed by atoms with van der Waals surface area (Å²) in [6.07, 6.45) is -6.17. The lowest BCUT2D eigenvalue weighted by molar-refractivity contribution is -0.167. The molecule has 1 aliphatic rings. The minimum Gasteiger partial charge on any atom is -0.445 e. The van der Waals surface area contributed by atoms with Crippen molar-refractivity contribution < 1.29 is 59.8 Å². The monoisotopic (exact) mass is 855 g/mol. The zero-order valence-corrected chi connectivity index (χ0v) is 35.4. The molecule has 19 heteroatoms. The van der Waals surface area contributed by atoms with Gasteiger partial charge in [0.05, 0.1) is 41.5 Å². The van der Waals surface area contributed by atoms with Gasteiger partial charge in [-0.2, -0.15) is 13.2 Å². The predicted molar refractivity (Wildman–Crippen MR) is 211 cm³/mol. The first-order valence-electron chi connectivity index (χ1n) is 19.3. The summed E-state index contributed by atoms with van der Waals surface area (Å²) in [6, 6.07) is 10.7. The number of alkyl carbamates (subject to hydrolysis) is 1. The van der Waals surface area contributed by atoms with Crippen LogP contribution in [0.2, 0.25) is 0 Å². The molecule has 2 aromatic carbocycles. The first kappa shape index (κ1) is 48.6. The summed E-state index contributed by atoms with van der Waals surface area (Å²) in [5.74, 6) is -5.49. The van der Waals surface area contributed by atoms with Gasteiger partial charge in [0.25, 0.3) is 10.0 Å². The van der Waals surface area contributed by atoms with Crippen LogP contribution < -0.4 is 15.4 Å². The van der Waals surface area contributed by atoms with E-state index < -0.39 is 81.2 Å². The van der Waals surface area contributed by atoms with Crippen LogP contribution in [0.4, 0.5) is 23.7 Å². The minimum atomic E-state index is -5.15. The number of sulfonamides is 1. The van der Waals surface area contributed by atoms with Crippen LogP contribution in [0, 0.1) is 17.8 Å². The number of ether oxygens (including phenoxy) is 3. The Morgan fingerprint density at radius 3 is 2.12 bits per heavy atom. The van der Waals surface area contributed by atoms with Gasteiger partial charge >= 0.3 is 18.2 Å². The number of carbonyl (C=O) groups excluding carboxylic acids is 5.